The van der Waals surface area contributed by atoms with E-state index in [1.807, 2.05) is 32.9 Å². The van der Waals surface area contributed by atoms with Crippen LogP contribution in [0.15, 0.2) is 36.4 Å². The lowest BCUT2D eigenvalue weighted by atomic mass is 9.89. The van der Waals surface area contributed by atoms with Crippen LogP contribution < -0.4 is 10.1 Å². The van der Waals surface area contributed by atoms with Crippen LogP contribution >= 0.6 is 0 Å². The molecule has 1 aliphatic carbocycles. The first-order valence-corrected chi connectivity index (χ1v) is 10.1. The van der Waals surface area contributed by atoms with E-state index in [9.17, 15) is 4.79 Å². The highest BCUT2D eigenvalue weighted by Gasteiger charge is 2.22. The molecule has 0 radical (unpaired) electrons. The zero-order valence-corrected chi connectivity index (χ0v) is 17.0. The zero-order valence-electron chi connectivity index (χ0n) is 17.0. The number of aryl methyl sites for hydroxylation is 3. The topological polar surface area (TPSA) is 38.3 Å². The van der Waals surface area contributed by atoms with E-state index in [0.717, 1.165) is 17.7 Å². The maximum atomic E-state index is 12.8. The molecule has 0 saturated heterocycles. The molecule has 2 aromatic rings. The third-order valence-corrected chi connectivity index (χ3v) is 5.72. The molecule has 0 saturated carbocycles. The summed E-state index contributed by atoms with van der Waals surface area (Å²) in [6, 6.07) is 12.6. The summed E-state index contributed by atoms with van der Waals surface area (Å²) in [5.41, 5.74) is 6.34. The van der Waals surface area contributed by atoms with Crippen molar-refractivity contribution in [2.24, 2.45) is 0 Å². The fourth-order valence-corrected chi connectivity index (χ4v) is 3.74. The highest BCUT2D eigenvalue weighted by Crippen LogP contribution is 2.26. The maximum Gasteiger partial charge on any atom is 0.261 e. The van der Waals surface area contributed by atoms with Crippen LogP contribution in [0.25, 0.3) is 0 Å². The van der Waals surface area contributed by atoms with Gasteiger partial charge < -0.3 is 10.1 Å². The van der Waals surface area contributed by atoms with E-state index in [1.54, 1.807) is 0 Å². The third-order valence-electron chi connectivity index (χ3n) is 5.72. The predicted molar refractivity (Wildman–Crippen MR) is 110 cm³/mol. The van der Waals surface area contributed by atoms with Crippen LogP contribution in [0.5, 0.6) is 5.75 Å². The molecule has 27 heavy (non-hydrogen) atoms. The molecule has 0 heterocycles. The van der Waals surface area contributed by atoms with Gasteiger partial charge in [-0.05, 0) is 86.8 Å². The highest BCUT2D eigenvalue weighted by molar-refractivity contribution is 5.81. The van der Waals surface area contributed by atoms with Crippen molar-refractivity contribution in [3.8, 4) is 5.75 Å². The molecule has 1 amide bonds. The quantitative estimate of drug-likeness (QED) is 0.762. The number of amides is 1. The van der Waals surface area contributed by atoms with Gasteiger partial charge in [0.25, 0.3) is 5.91 Å². The van der Waals surface area contributed by atoms with Gasteiger partial charge in [0, 0.05) is 0 Å². The fourth-order valence-electron chi connectivity index (χ4n) is 3.74. The third kappa shape index (κ3) is 4.52. The van der Waals surface area contributed by atoms with E-state index in [0.29, 0.717) is 6.42 Å². The molecule has 3 heteroatoms. The molecule has 0 unspecified atom stereocenters. The van der Waals surface area contributed by atoms with Crippen molar-refractivity contribution in [3.63, 3.8) is 0 Å². The summed E-state index contributed by atoms with van der Waals surface area (Å²) in [5.74, 6) is 0.738. The summed E-state index contributed by atoms with van der Waals surface area (Å²) in [5, 5.41) is 3.14. The van der Waals surface area contributed by atoms with Crippen LogP contribution in [-0.4, -0.2) is 12.0 Å². The summed E-state index contributed by atoms with van der Waals surface area (Å²) in [4.78, 5) is 12.8. The van der Waals surface area contributed by atoms with E-state index in [4.69, 9.17) is 4.74 Å². The van der Waals surface area contributed by atoms with Gasteiger partial charge in [0.05, 0.1) is 6.04 Å². The Bertz CT molecular complexity index is 812. The smallest absolute Gasteiger partial charge is 0.261 e. The molecule has 0 spiro atoms. The minimum absolute atomic E-state index is 0.0269. The van der Waals surface area contributed by atoms with Crippen LogP contribution in [0, 0.1) is 13.8 Å². The molecule has 0 bridgehead atoms. The molecule has 0 aliphatic heterocycles. The summed E-state index contributed by atoms with van der Waals surface area (Å²) in [6.45, 7) is 8.12. The van der Waals surface area contributed by atoms with Crippen LogP contribution in [0.4, 0.5) is 0 Å². The summed E-state index contributed by atoms with van der Waals surface area (Å²) in [7, 11) is 0. The number of hydrogen-bond acceptors (Lipinski definition) is 2. The number of rotatable bonds is 6. The van der Waals surface area contributed by atoms with Gasteiger partial charge in [-0.15, -0.1) is 0 Å². The van der Waals surface area contributed by atoms with E-state index in [-0.39, 0.29) is 11.9 Å². The molecule has 1 aliphatic rings. The number of carbonyl (C=O) groups is 1. The Balaban J connectivity index is 1.68. The second-order valence-electron chi connectivity index (χ2n) is 7.68. The largest absolute Gasteiger partial charge is 0.480 e. The van der Waals surface area contributed by atoms with Gasteiger partial charge in [-0.25, -0.2) is 0 Å². The van der Waals surface area contributed by atoms with Crippen LogP contribution in [0.3, 0.4) is 0 Å². The number of carbonyl (C=O) groups excluding carboxylic acids is 1. The van der Waals surface area contributed by atoms with E-state index in [1.165, 1.54) is 41.5 Å². The number of fused-ring (bicyclic) bond motifs is 1. The Hall–Kier alpha value is -2.29. The monoisotopic (exact) mass is 365 g/mol. The predicted octanol–water partition coefficient (Wildman–Crippen LogP) is 5.22. The summed E-state index contributed by atoms with van der Waals surface area (Å²) >= 11 is 0. The SMILES string of the molecule is CC[C@H](Oc1cccc(C)c1C)C(=O)N[C@@H](C)c1ccc2c(c1)CCCC2. The number of hydrogen-bond donors (Lipinski definition) is 1. The molecular weight excluding hydrogens is 334 g/mol. The first-order valence-electron chi connectivity index (χ1n) is 10.1. The number of nitrogens with one attached hydrogen (secondary N) is 1. The average molecular weight is 366 g/mol. The molecule has 0 aromatic heterocycles. The van der Waals surface area contributed by atoms with E-state index in [2.05, 4.69) is 36.5 Å². The van der Waals surface area contributed by atoms with Crippen molar-refractivity contribution in [2.75, 3.05) is 0 Å². The lowest BCUT2D eigenvalue weighted by Gasteiger charge is -2.23. The molecule has 2 atom stereocenters. The normalized spacial score (nSPS) is 15.6. The van der Waals surface area contributed by atoms with Gasteiger partial charge in [0.2, 0.25) is 0 Å². The van der Waals surface area contributed by atoms with Crippen LogP contribution in [0.2, 0.25) is 0 Å². The number of benzene rings is 2. The molecule has 1 N–H and O–H groups in total. The Morgan fingerprint density at radius 1 is 1.11 bits per heavy atom. The number of ether oxygens (including phenoxy) is 1. The first kappa shape index (κ1) is 19.5. The Kier molecular flexibility index (Phi) is 6.20. The second kappa shape index (κ2) is 8.60. The maximum absolute atomic E-state index is 12.8. The minimum atomic E-state index is -0.481. The van der Waals surface area contributed by atoms with Crippen molar-refractivity contribution in [2.45, 2.75) is 71.9 Å². The van der Waals surface area contributed by atoms with Crippen molar-refractivity contribution >= 4 is 5.91 Å². The highest BCUT2D eigenvalue weighted by atomic mass is 16.5. The lowest BCUT2D eigenvalue weighted by Crippen LogP contribution is -2.39. The van der Waals surface area contributed by atoms with Crippen molar-refractivity contribution in [1.82, 2.24) is 5.32 Å². The van der Waals surface area contributed by atoms with Crippen LogP contribution in [-0.2, 0) is 17.6 Å². The Morgan fingerprint density at radius 3 is 2.59 bits per heavy atom. The minimum Gasteiger partial charge on any atom is -0.480 e. The molecule has 3 nitrogen and oxygen atoms in total. The second-order valence-corrected chi connectivity index (χ2v) is 7.68. The standard InChI is InChI=1S/C24H31NO2/c1-5-22(27-23-12-8-9-16(2)17(23)3)24(26)25-18(4)20-14-13-19-10-6-7-11-21(19)15-20/h8-9,12-15,18,22H,5-7,10-11H2,1-4H3,(H,25,26)/t18-,22-/m0/s1. The van der Waals surface area contributed by atoms with Gasteiger partial charge in [-0.1, -0.05) is 37.3 Å². The van der Waals surface area contributed by atoms with Gasteiger partial charge in [0.1, 0.15) is 5.75 Å². The van der Waals surface area contributed by atoms with Crippen molar-refractivity contribution in [1.29, 1.82) is 0 Å². The Morgan fingerprint density at radius 2 is 1.85 bits per heavy atom. The summed E-state index contributed by atoms with van der Waals surface area (Å²) < 4.78 is 6.05. The molecular formula is C24H31NO2. The molecule has 2 aromatic carbocycles. The van der Waals surface area contributed by atoms with Crippen LogP contribution in [0.1, 0.15) is 67.0 Å². The van der Waals surface area contributed by atoms with Gasteiger partial charge in [-0.3, -0.25) is 4.79 Å². The zero-order chi connectivity index (χ0) is 19.4. The van der Waals surface area contributed by atoms with E-state index >= 15 is 0 Å². The molecule has 3 rings (SSSR count). The average Bonchev–Trinajstić information content (AvgIpc) is 2.68. The van der Waals surface area contributed by atoms with Gasteiger partial charge in [-0.2, -0.15) is 0 Å². The Labute approximate surface area is 163 Å². The van der Waals surface area contributed by atoms with Gasteiger partial charge >= 0.3 is 0 Å². The van der Waals surface area contributed by atoms with Gasteiger partial charge in [0.15, 0.2) is 6.10 Å². The summed E-state index contributed by atoms with van der Waals surface area (Å²) in [6.07, 6.45) is 5.03. The first-order chi connectivity index (χ1) is 13.0. The van der Waals surface area contributed by atoms with Crippen molar-refractivity contribution < 1.29 is 9.53 Å². The lowest BCUT2D eigenvalue weighted by molar-refractivity contribution is -0.128. The molecule has 0 fully saturated rings. The molecule has 144 valence electrons. The van der Waals surface area contributed by atoms with Crippen molar-refractivity contribution in [3.05, 3.63) is 64.2 Å². The fraction of sp³-hybridized carbons (Fsp3) is 0.458. The van der Waals surface area contributed by atoms with E-state index < -0.39 is 6.10 Å².